The van der Waals surface area contributed by atoms with E-state index in [-0.39, 0.29) is 10.8 Å². The quantitative estimate of drug-likeness (QED) is 0.380. The van der Waals surface area contributed by atoms with Crippen LogP contribution in [0.1, 0.15) is 104 Å². The van der Waals surface area contributed by atoms with E-state index in [2.05, 4.69) is 59.7 Å². The molecule has 0 bridgehead atoms. The summed E-state index contributed by atoms with van der Waals surface area (Å²) in [5.74, 6) is 0.679. The molecule has 2 aromatic rings. The highest BCUT2D eigenvalue weighted by molar-refractivity contribution is 5.76. The lowest BCUT2D eigenvalue weighted by Crippen LogP contribution is -2.22. The summed E-state index contributed by atoms with van der Waals surface area (Å²) in [5, 5.41) is 0. The van der Waals surface area contributed by atoms with Crippen LogP contribution in [-0.4, -0.2) is 17.1 Å². The molecule has 0 N–H and O–H groups in total. The summed E-state index contributed by atoms with van der Waals surface area (Å²) < 4.78 is 5.69. The molecule has 1 heterocycles. The van der Waals surface area contributed by atoms with Gasteiger partial charge < -0.3 is 4.74 Å². The first-order valence-corrected chi connectivity index (χ1v) is 11.2. The fourth-order valence-electron chi connectivity index (χ4n) is 4.02. The molecule has 0 saturated heterocycles. The molecule has 3 nitrogen and oxygen atoms in total. The van der Waals surface area contributed by atoms with Crippen LogP contribution in [0.5, 0.6) is 5.88 Å². The summed E-state index contributed by atoms with van der Waals surface area (Å²) in [6, 6.07) is 6.65. The third-order valence-corrected chi connectivity index (χ3v) is 6.43. The second-order valence-corrected chi connectivity index (χ2v) is 9.14. The van der Waals surface area contributed by atoms with Gasteiger partial charge in [0.05, 0.1) is 18.1 Å². The number of ether oxygens (including phenoxy) is 1. The zero-order valence-corrected chi connectivity index (χ0v) is 19.2. The van der Waals surface area contributed by atoms with Crippen LogP contribution < -0.4 is 4.74 Å². The molecule has 0 aliphatic heterocycles. The Labute approximate surface area is 172 Å². The second kappa shape index (κ2) is 9.71. The van der Waals surface area contributed by atoms with E-state index < -0.39 is 0 Å². The summed E-state index contributed by atoms with van der Waals surface area (Å²) >= 11 is 0. The van der Waals surface area contributed by atoms with E-state index in [1.54, 1.807) is 7.11 Å². The predicted molar refractivity (Wildman–Crippen MR) is 120 cm³/mol. The lowest BCUT2D eigenvalue weighted by molar-refractivity contribution is 0.360. The van der Waals surface area contributed by atoms with Gasteiger partial charge in [-0.05, 0) is 42.4 Å². The van der Waals surface area contributed by atoms with Gasteiger partial charge in [-0.15, -0.1) is 0 Å². The molecule has 156 valence electrons. The van der Waals surface area contributed by atoms with Gasteiger partial charge >= 0.3 is 0 Å². The molecule has 1 aromatic carbocycles. The number of aromatic nitrogens is 2. The van der Waals surface area contributed by atoms with Crippen LogP contribution in [-0.2, 0) is 10.8 Å². The smallest absolute Gasteiger partial charge is 0.236 e. The van der Waals surface area contributed by atoms with Crippen molar-refractivity contribution in [2.24, 2.45) is 0 Å². The molecule has 0 spiro atoms. The van der Waals surface area contributed by atoms with E-state index in [1.165, 1.54) is 44.1 Å². The van der Waals surface area contributed by atoms with Crippen molar-refractivity contribution >= 4 is 11.0 Å². The average Bonchev–Trinajstić information content (AvgIpc) is 2.70. The van der Waals surface area contributed by atoms with Crippen molar-refractivity contribution in [3.05, 3.63) is 29.5 Å². The maximum Gasteiger partial charge on any atom is 0.236 e. The lowest BCUT2D eigenvalue weighted by Gasteiger charge is -2.29. The average molecular weight is 385 g/mol. The fraction of sp³-hybridized carbons (Fsp3) is 0.680. The number of nitrogens with zero attached hydrogens (tertiary/aromatic N) is 2. The van der Waals surface area contributed by atoms with Crippen LogP contribution >= 0.6 is 0 Å². The molecule has 0 fully saturated rings. The van der Waals surface area contributed by atoms with Crippen molar-refractivity contribution in [2.45, 2.75) is 104 Å². The van der Waals surface area contributed by atoms with E-state index in [9.17, 15) is 0 Å². The molecular weight excluding hydrogens is 344 g/mol. The van der Waals surface area contributed by atoms with Gasteiger partial charge in [0.1, 0.15) is 5.69 Å². The zero-order valence-electron chi connectivity index (χ0n) is 19.2. The highest BCUT2D eigenvalue weighted by Gasteiger charge is 2.29. The molecule has 0 radical (unpaired) electrons. The molecule has 0 saturated carbocycles. The number of rotatable bonds is 11. The highest BCUT2D eigenvalue weighted by atomic mass is 16.5. The summed E-state index contributed by atoms with van der Waals surface area (Å²) in [7, 11) is 1.71. The van der Waals surface area contributed by atoms with E-state index in [0.717, 1.165) is 29.6 Å². The minimum Gasteiger partial charge on any atom is -0.480 e. The maximum absolute atomic E-state index is 5.69. The van der Waals surface area contributed by atoms with Gasteiger partial charge in [0.15, 0.2) is 0 Å². The van der Waals surface area contributed by atoms with E-state index in [0.29, 0.717) is 5.88 Å². The largest absolute Gasteiger partial charge is 0.480 e. The van der Waals surface area contributed by atoms with Crippen LogP contribution in [0.15, 0.2) is 18.2 Å². The number of hydrogen-bond acceptors (Lipinski definition) is 3. The Morgan fingerprint density at radius 1 is 0.857 bits per heavy atom. The molecule has 3 heteroatoms. The molecule has 1 atom stereocenters. The van der Waals surface area contributed by atoms with Crippen LogP contribution in [0.2, 0.25) is 0 Å². The van der Waals surface area contributed by atoms with Gasteiger partial charge in [0.25, 0.3) is 0 Å². The first-order chi connectivity index (χ1) is 13.3. The Hall–Kier alpha value is -1.64. The summed E-state index contributed by atoms with van der Waals surface area (Å²) in [6.07, 6.45) is 9.61. The van der Waals surface area contributed by atoms with E-state index >= 15 is 0 Å². The van der Waals surface area contributed by atoms with Gasteiger partial charge in [-0.1, -0.05) is 79.7 Å². The van der Waals surface area contributed by atoms with Crippen molar-refractivity contribution in [2.75, 3.05) is 7.11 Å². The Bertz CT molecular complexity index is 768. The van der Waals surface area contributed by atoms with Gasteiger partial charge in [-0.25, -0.2) is 9.97 Å². The Balaban J connectivity index is 2.45. The standard InChI is InChI=1S/C25H40N2O/c1-8-11-13-16-24(4,5)22-23(28-7)27-21-18-19(14-15-20(21)26-22)25(6,10-3)17-12-9-2/h14-15,18H,8-13,16-17H2,1-7H3. The van der Waals surface area contributed by atoms with Gasteiger partial charge in [-0.2, -0.15) is 0 Å². The minimum atomic E-state index is -0.0422. The van der Waals surface area contributed by atoms with Gasteiger partial charge in [-0.3, -0.25) is 0 Å². The van der Waals surface area contributed by atoms with Gasteiger partial charge in [0, 0.05) is 5.41 Å². The summed E-state index contributed by atoms with van der Waals surface area (Å²) in [5.41, 5.74) is 4.41. The molecule has 0 amide bonds. The van der Waals surface area contributed by atoms with Crippen LogP contribution in [0, 0.1) is 0 Å². The third kappa shape index (κ3) is 5.04. The van der Waals surface area contributed by atoms with E-state index in [4.69, 9.17) is 14.7 Å². The first kappa shape index (κ1) is 22.6. The molecule has 1 unspecified atom stereocenters. The Kier molecular flexibility index (Phi) is 7.86. The first-order valence-electron chi connectivity index (χ1n) is 11.2. The number of hydrogen-bond donors (Lipinski definition) is 0. The van der Waals surface area contributed by atoms with Crippen molar-refractivity contribution in [1.82, 2.24) is 9.97 Å². The maximum atomic E-state index is 5.69. The topological polar surface area (TPSA) is 35.0 Å². The number of benzene rings is 1. The fourth-order valence-corrected chi connectivity index (χ4v) is 4.02. The summed E-state index contributed by atoms with van der Waals surface area (Å²) in [4.78, 5) is 9.91. The van der Waals surface area contributed by atoms with Crippen molar-refractivity contribution in [3.63, 3.8) is 0 Å². The van der Waals surface area contributed by atoms with Crippen LogP contribution in [0.4, 0.5) is 0 Å². The van der Waals surface area contributed by atoms with Crippen molar-refractivity contribution in [1.29, 1.82) is 0 Å². The molecule has 2 rings (SSSR count). The normalized spacial score (nSPS) is 14.2. The molecule has 28 heavy (non-hydrogen) atoms. The SMILES string of the molecule is CCCCCC(C)(C)c1nc2ccc(C(C)(CC)CCCC)cc2nc1OC. The van der Waals surface area contributed by atoms with Crippen molar-refractivity contribution in [3.8, 4) is 5.88 Å². The Morgan fingerprint density at radius 3 is 2.18 bits per heavy atom. The van der Waals surface area contributed by atoms with E-state index in [1.807, 2.05) is 0 Å². The Morgan fingerprint density at radius 2 is 1.57 bits per heavy atom. The summed E-state index contributed by atoms with van der Waals surface area (Å²) in [6.45, 7) is 13.7. The van der Waals surface area contributed by atoms with Crippen LogP contribution in [0.25, 0.3) is 11.0 Å². The zero-order chi connectivity index (χ0) is 20.8. The molecular formula is C25H40N2O. The van der Waals surface area contributed by atoms with Crippen LogP contribution in [0.3, 0.4) is 0 Å². The molecule has 0 aliphatic rings. The third-order valence-electron chi connectivity index (χ3n) is 6.43. The van der Waals surface area contributed by atoms with Gasteiger partial charge in [0.2, 0.25) is 5.88 Å². The predicted octanol–water partition coefficient (Wildman–Crippen LogP) is 7.35. The number of fused-ring (bicyclic) bond motifs is 1. The second-order valence-electron chi connectivity index (χ2n) is 9.14. The highest BCUT2D eigenvalue weighted by Crippen LogP contribution is 2.37. The number of methoxy groups -OCH3 is 1. The number of unbranched alkanes of at least 4 members (excludes halogenated alkanes) is 3. The monoisotopic (exact) mass is 384 g/mol. The molecule has 1 aromatic heterocycles. The minimum absolute atomic E-state index is 0.0422. The lowest BCUT2D eigenvalue weighted by atomic mass is 9.76. The van der Waals surface area contributed by atoms with Crippen molar-refractivity contribution < 1.29 is 4.74 Å². The molecule has 0 aliphatic carbocycles.